The first-order valence-corrected chi connectivity index (χ1v) is 6.98. The summed E-state index contributed by atoms with van der Waals surface area (Å²) in [5.41, 5.74) is 1.24. The van der Waals surface area contributed by atoms with Gasteiger partial charge in [-0.15, -0.1) is 0 Å². The van der Waals surface area contributed by atoms with E-state index in [9.17, 15) is 0 Å². The number of nitrogens with zero attached hydrogens (tertiary/aromatic N) is 1. The summed E-state index contributed by atoms with van der Waals surface area (Å²) in [5, 5.41) is 6.90. The molecular formula is C15H27N3. The van der Waals surface area contributed by atoms with Crippen LogP contribution in [0, 0.1) is 5.92 Å². The van der Waals surface area contributed by atoms with Gasteiger partial charge in [-0.1, -0.05) is 39.0 Å². The van der Waals surface area contributed by atoms with Gasteiger partial charge < -0.3 is 5.32 Å². The SMILES string of the molecule is CC/C=C\C=C1/CNC(C)N=C1NC(C)C(C)C. The molecule has 0 amide bonds. The number of nitrogens with one attached hydrogen (secondary N) is 2. The fourth-order valence-corrected chi connectivity index (χ4v) is 1.63. The molecule has 1 aliphatic rings. The third-order valence-electron chi connectivity index (χ3n) is 3.25. The van der Waals surface area contributed by atoms with Crippen LogP contribution in [0.4, 0.5) is 0 Å². The van der Waals surface area contributed by atoms with E-state index >= 15 is 0 Å². The lowest BCUT2D eigenvalue weighted by Crippen LogP contribution is -2.44. The molecule has 0 bridgehead atoms. The van der Waals surface area contributed by atoms with Crippen molar-refractivity contribution in [2.24, 2.45) is 10.9 Å². The Labute approximate surface area is 111 Å². The summed E-state index contributed by atoms with van der Waals surface area (Å²) in [6.45, 7) is 11.8. The highest BCUT2D eigenvalue weighted by atomic mass is 15.2. The Hall–Kier alpha value is -1.09. The maximum Gasteiger partial charge on any atom is 0.127 e. The van der Waals surface area contributed by atoms with Gasteiger partial charge in [0, 0.05) is 18.2 Å². The molecule has 3 heteroatoms. The van der Waals surface area contributed by atoms with Crippen molar-refractivity contribution < 1.29 is 0 Å². The van der Waals surface area contributed by atoms with Crippen LogP contribution in [0.15, 0.2) is 28.8 Å². The van der Waals surface area contributed by atoms with Crippen molar-refractivity contribution in [2.75, 3.05) is 6.54 Å². The van der Waals surface area contributed by atoms with Crippen LogP contribution < -0.4 is 10.6 Å². The van der Waals surface area contributed by atoms with Gasteiger partial charge in [-0.3, -0.25) is 5.32 Å². The highest BCUT2D eigenvalue weighted by Gasteiger charge is 2.17. The van der Waals surface area contributed by atoms with Crippen molar-refractivity contribution in [3.63, 3.8) is 0 Å². The minimum Gasteiger partial charge on any atom is -0.367 e. The molecule has 2 N–H and O–H groups in total. The Kier molecular flexibility index (Phi) is 6.13. The summed E-state index contributed by atoms with van der Waals surface area (Å²) in [4.78, 5) is 4.66. The zero-order valence-electron chi connectivity index (χ0n) is 12.3. The molecule has 0 spiro atoms. The van der Waals surface area contributed by atoms with Gasteiger partial charge in [0.2, 0.25) is 0 Å². The Morgan fingerprint density at radius 2 is 2.17 bits per heavy atom. The van der Waals surface area contributed by atoms with E-state index in [-0.39, 0.29) is 6.17 Å². The molecule has 2 atom stereocenters. The van der Waals surface area contributed by atoms with Crippen LogP contribution >= 0.6 is 0 Å². The van der Waals surface area contributed by atoms with Crippen molar-refractivity contribution >= 4 is 5.84 Å². The van der Waals surface area contributed by atoms with E-state index in [1.165, 1.54) is 5.57 Å². The fraction of sp³-hybridized carbons (Fsp3) is 0.667. The Bertz CT molecular complexity index is 340. The molecular weight excluding hydrogens is 222 g/mol. The second-order valence-corrected chi connectivity index (χ2v) is 5.24. The number of rotatable bonds is 4. The van der Waals surface area contributed by atoms with E-state index < -0.39 is 0 Å². The van der Waals surface area contributed by atoms with Crippen LogP contribution in [0.1, 0.15) is 41.0 Å². The molecule has 0 aromatic heterocycles. The Morgan fingerprint density at radius 3 is 2.78 bits per heavy atom. The number of hydrogen-bond acceptors (Lipinski definition) is 3. The number of allylic oxidation sites excluding steroid dienone is 3. The number of aliphatic imine (C=N–C) groups is 1. The van der Waals surface area contributed by atoms with Gasteiger partial charge >= 0.3 is 0 Å². The van der Waals surface area contributed by atoms with Crippen LogP contribution in [-0.2, 0) is 0 Å². The lowest BCUT2D eigenvalue weighted by Gasteiger charge is -2.27. The lowest BCUT2D eigenvalue weighted by atomic mass is 10.1. The summed E-state index contributed by atoms with van der Waals surface area (Å²) in [7, 11) is 0. The molecule has 0 radical (unpaired) electrons. The van der Waals surface area contributed by atoms with Crippen LogP contribution in [0.2, 0.25) is 0 Å². The minimum absolute atomic E-state index is 0.194. The predicted molar refractivity (Wildman–Crippen MR) is 79.8 cm³/mol. The molecule has 0 fully saturated rings. The van der Waals surface area contributed by atoms with E-state index in [0.717, 1.165) is 18.8 Å². The molecule has 2 unspecified atom stereocenters. The number of amidine groups is 1. The summed E-state index contributed by atoms with van der Waals surface area (Å²) >= 11 is 0. The van der Waals surface area contributed by atoms with Crippen molar-refractivity contribution in [3.8, 4) is 0 Å². The van der Waals surface area contributed by atoms with Crippen molar-refractivity contribution in [3.05, 3.63) is 23.8 Å². The quantitative estimate of drug-likeness (QED) is 0.804. The number of hydrogen-bond donors (Lipinski definition) is 2. The largest absolute Gasteiger partial charge is 0.367 e. The van der Waals surface area contributed by atoms with Crippen molar-refractivity contribution in [2.45, 2.75) is 53.2 Å². The van der Waals surface area contributed by atoms with Gasteiger partial charge in [0.15, 0.2) is 0 Å². The van der Waals surface area contributed by atoms with Crippen LogP contribution in [-0.4, -0.2) is 24.6 Å². The third-order valence-corrected chi connectivity index (χ3v) is 3.25. The minimum atomic E-state index is 0.194. The molecule has 0 aromatic carbocycles. The van der Waals surface area contributed by atoms with E-state index in [2.05, 4.69) is 68.5 Å². The van der Waals surface area contributed by atoms with Crippen molar-refractivity contribution in [1.29, 1.82) is 0 Å². The molecule has 18 heavy (non-hydrogen) atoms. The summed E-state index contributed by atoms with van der Waals surface area (Å²) in [6.07, 6.45) is 7.69. The van der Waals surface area contributed by atoms with E-state index in [4.69, 9.17) is 0 Å². The molecule has 0 aliphatic carbocycles. The maximum absolute atomic E-state index is 4.66. The van der Waals surface area contributed by atoms with Gasteiger partial charge in [0.25, 0.3) is 0 Å². The fourth-order valence-electron chi connectivity index (χ4n) is 1.63. The molecule has 0 saturated heterocycles. The molecule has 1 heterocycles. The smallest absolute Gasteiger partial charge is 0.127 e. The zero-order chi connectivity index (χ0) is 13.5. The van der Waals surface area contributed by atoms with Crippen LogP contribution in [0.3, 0.4) is 0 Å². The first-order chi connectivity index (χ1) is 8.54. The van der Waals surface area contributed by atoms with Gasteiger partial charge in [-0.2, -0.15) is 0 Å². The van der Waals surface area contributed by atoms with Crippen LogP contribution in [0.5, 0.6) is 0 Å². The predicted octanol–water partition coefficient (Wildman–Crippen LogP) is 2.86. The average Bonchev–Trinajstić information content (AvgIpc) is 2.32. The second-order valence-electron chi connectivity index (χ2n) is 5.24. The average molecular weight is 249 g/mol. The molecule has 3 nitrogen and oxygen atoms in total. The van der Waals surface area contributed by atoms with Gasteiger partial charge in [0.05, 0.1) is 6.17 Å². The maximum atomic E-state index is 4.66. The second kappa shape index (κ2) is 7.37. The van der Waals surface area contributed by atoms with Gasteiger partial charge in [-0.25, -0.2) is 4.99 Å². The Balaban J connectivity index is 2.80. The monoisotopic (exact) mass is 249 g/mol. The lowest BCUT2D eigenvalue weighted by molar-refractivity contribution is 0.479. The highest BCUT2D eigenvalue weighted by molar-refractivity contribution is 5.99. The summed E-state index contributed by atoms with van der Waals surface area (Å²) in [5.74, 6) is 1.65. The Morgan fingerprint density at radius 1 is 1.44 bits per heavy atom. The first-order valence-electron chi connectivity index (χ1n) is 6.98. The normalized spacial score (nSPS) is 24.7. The van der Waals surface area contributed by atoms with Gasteiger partial charge in [0.1, 0.15) is 5.84 Å². The standard InChI is InChI=1S/C15H27N3/c1-6-7-8-9-14-10-16-13(5)18-15(14)17-12(4)11(2)3/h7-9,11-13,16H,6,10H2,1-5H3,(H,17,18)/b8-7-,14-9+. The first kappa shape index (κ1) is 15.0. The van der Waals surface area contributed by atoms with E-state index in [0.29, 0.717) is 12.0 Å². The topological polar surface area (TPSA) is 36.4 Å². The van der Waals surface area contributed by atoms with E-state index in [1.807, 2.05) is 0 Å². The molecule has 1 rings (SSSR count). The molecule has 0 aromatic rings. The highest BCUT2D eigenvalue weighted by Crippen LogP contribution is 2.08. The molecule has 1 aliphatic heterocycles. The van der Waals surface area contributed by atoms with E-state index in [1.54, 1.807) is 0 Å². The molecule has 102 valence electrons. The van der Waals surface area contributed by atoms with Gasteiger partial charge in [-0.05, 0) is 26.2 Å². The summed E-state index contributed by atoms with van der Waals surface area (Å²) in [6, 6.07) is 0.438. The van der Waals surface area contributed by atoms with Crippen LogP contribution in [0.25, 0.3) is 0 Å². The third kappa shape index (κ3) is 4.65. The zero-order valence-corrected chi connectivity index (χ0v) is 12.3. The summed E-state index contributed by atoms with van der Waals surface area (Å²) < 4.78 is 0. The van der Waals surface area contributed by atoms with Crippen molar-refractivity contribution in [1.82, 2.24) is 10.6 Å². The molecule has 0 saturated carbocycles.